The molecule has 10 rings (SSSR count). The minimum absolute atomic E-state index is 0. The van der Waals surface area contributed by atoms with Crippen molar-refractivity contribution in [2.45, 2.75) is 20.8 Å². The van der Waals surface area contributed by atoms with Crippen molar-refractivity contribution >= 4 is 61.8 Å². The van der Waals surface area contributed by atoms with E-state index in [9.17, 15) is 4.79 Å². The van der Waals surface area contributed by atoms with E-state index >= 15 is 0 Å². The molecule has 0 aliphatic heterocycles. The molecular formula is C52H45N3O2. The number of carbonyl (C=O) groups is 1. The molecule has 5 nitrogen and oxygen atoms in total. The monoisotopic (exact) mass is 743 g/mol. The van der Waals surface area contributed by atoms with Crippen molar-refractivity contribution in [1.29, 1.82) is 0 Å². The van der Waals surface area contributed by atoms with E-state index in [1.165, 1.54) is 39.3 Å². The van der Waals surface area contributed by atoms with E-state index in [1.807, 2.05) is 60.7 Å². The van der Waals surface area contributed by atoms with Crippen molar-refractivity contribution < 1.29 is 10.3 Å². The van der Waals surface area contributed by atoms with Gasteiger partial charge in [0.2, 0.25) is 5.91 Å². The zero-order chi connectivity index (χ0) is 37.1. The predicted molar refractivity (Wildman–Crippen MR) is 240 cm³/mol. The molecule has 0 bridgehead atoms. The van der Waals surface area contributed by atoms with Gasteiger partial charge in [-0.3, -0.25) is 9.36 Å². The standard InChI is InChI=1S/C26H20N2O.C25H19N.CH4.H2O/c1-19(29)27-25-15-9-8-14-23(25)24-18-22(16-17-26(24)27)28(20-10-4-2-5-11-20)21-12-6-3-7-13-21;1-3-10-21(11-4-1)26(22-12-5-2-6-13-22)23-16-15-20-17-19-9-7-8-14-24(19)25(20)18-23;;/h2-18H,1H3;1-16,18H,17H2;1H4;1H2. The third kappa shape index (κ3) is 7.32. The lowest BCUT2D eigenvalue weighted by Gasteiger charge is -2.26. The van der Waals surface area contributed by atoms with Crippen molar-refractivity contribution in [3.63, 3.8) is 0 Å². The van der Waals surface area contributed by atoms with Crippen LogP contribution in [-0.4, -0.2) is 16.0 Å². The van der Waals surface area contributed by atoms with Gasteiger partial charge in [-0.15, -0.1) is 0 Å². The summed E-state index contributed by atoms with van der Waals surface area (Å²) in [5, 5.41) is 2.16. The lowest BCUT2D eigenvalue weighted by atomic mass is 10.0. The Hall–Kier alpha value is -7.21. The van der Waals surface area contributed by atoms with E-state index in [-0.39, 0.29) is 18.8 Å². The smallest absolute Gasteiger partial charge is 0.228 e. The fraction of sp³-hybridized carbons (Fsp3) is 0.0577. The van der Waals surface area contributed by atoms with Crippen molar-refractivity contribution in [3.8, 4) is 11.1 Å². The minimum atomic E-state index is 0. The highest BCUT2D eigenvalue weighted by Crippen LogP contribution is 2.42. The van der Waals surface area contributed by atoms with Crippen LogP contribution in [0.5, 0.6) is 0 Å². The van der Waals surface area contributed by atoms with Gasteiger partial charge in [0.05, 0.1) is 11.0 Å². The highest BCUT2D eigenvalue weighted by molar-refractivity contribution is 6.14. The zero-order valence-corrected chi connectivity index (χ0v) is 31.1. The summed E-state index contributed by atoms with van der Waals surface area (Å²) in [7, 11) is 0. The van der Waals surface area contributed by atoms with Gasteiger partial charge < -0.3 is 15.3 Å². The third-order valence-corrected chi connectivity index (χ3v) is 10.3. The van der Waals surface area contributed by atoms with Crippen molar-refractivity contribution in [2.75, 3.05) is 9.80 Å². The van der Waals surface area contributed by atoms with Crippen molar-refractivity contribution in [3.05, 3.63) is 217 Å². The molecule has 0 radical (unpaired) electrons. The second-order valence-electron chi connectivity index (χ2n) is 13.8. The van der Waals surface area contributed by atoms with Gasteiger partial charge in [-0.05, 0) is 114 Å². The van der Waals surface area contributed by atoms with Crippen molar-refractivity contribution in [1.82, 2.24) is 4.57 Å². The average Bonchev–Trinajstić information content (AvgIpc) is 3.78. The Balaban J connectivity index is 0.000000169. The number of hydrogen-bond donors (Lipinski definition) is 0. The Bertz CT molecular complexity index is 2680. The normalized spacial score (nSPS) is 11.0. The molecule has 280 valence electrons. The van der Waals surface area contributed by atoms with Crippen LogP contribution in [0.4, 0.5) is 34.1 Å². The molecule has 5 heteroatoms. The Labute approximate surface area is 334 Å². The summed E-state index contributed by atoms with van der Waals surface area (Å²) in [6.07, 6.45) is 1.03. The maximum atomic E-state index is 12.3. The molecule has 0 atom stereocenters. The van der Waals surface area contributed by atoms with Crippen LogP contribution in [0, 0.1) is 0 Å². The molecule has 1 aliphatic carbocycles. The second kappa shape index (κ2) is 16.7. The van der Waals surface area contributed by atoms with Crippen LogP contribution in [0.3, 0.4) is 0 Å². The van der Waals surface area contributed by atoms with Gasteiger partial charge in [-0.25, -0.2) is 0 Å². The number of fused-ring (bicyclic) bond motifs is 6. The molecule has 2 N–H and O–H groups in total. The molecule has 0 fully saturated rings. The lowest BCUT2D eigenvalue weighted by molar-refractivity contribution is 0.0946. The topological polar surface area (TPSA) is 60.0 Å². The van der Waals surface area contributed by atoms with Crippen LogP contribution in [0.25, 0.3) is 32.9 Å². The first-order valence-electron chi connectivity index (χ1n) is 18.7. The predicted octanol–water partition coefficient (Wildman–Crippen LogP) is 13.5. The number of para-hydroxylation sites is 5. The van der Waals surface area contributed by atoms with Gasteiger partial charge in [0.1, 0.15) is 0 Å². The van der Waals surface area contributed by atoms with Gasteiger partial charge in [0, 0.05) is 51.8 Å². The SMILES string of the molecule is C.CC(=O)n1c2ccccc2c2cc(N(c3ccccc3)c3ccccc3)ccc21.O.c1ccc(N(c2ccccc2)c2ccc3c(c2)-c2ccccc2C3)cc1. The highest BCUT2D eigenvalue weighted by atomic mass is 16.1. The second-order valence-corrected chi connectivity index (χ2v) is 13.8. The summed E-state index contributed by atoms with van der Waals surface area (Å²) >= 11 is 0. The maximum absolute atomic E-state index is 12.3. The van der Waals surface area contributed by atoms with E-state index in [1.54, 1.807) is 11.5 Å². The molecule has 1 heterocycles. The Kier molecular flexibility index (Phi) is 11.1. The summed E-state index contributed by atoms with van der Waals surface area (Å²) in [4.78, 5) is 16.9. The number of hydrogen-bond acceptors (Lipinski definition) is 3. The molecule has 0 saturated carbocycles. The van der Waals surface area contributed by atoms with Gasteiger partial charge in [-0.1, -0.05) is 129 Å². The number of anilines is 6. The van der Waals surface area contributed by atoms with Crippen molar-refractivity contribution in [2.24, 2.45) is 0 Å². The largest absolute Gasteiger partial charge is 0.412 e. The quantitative estimate of drug-likeness (QED) is 0.170. The summed E-state index contributed by atoms with van der Waals surface area (Å²) in [6.45, 7) is 1.61. The lowest BCUT2D eigenvalue weighted by Crippen LogP contribution is -2.09. The molecule has 9 aromatic rings. The Morgan fingerprint density at radius 2 is 0.842 bits per heavy atom. The fourth-order valence-electron chi connectivity index (χ4n) is 7.89. The van der Waals surface area contributed by atoms with Crippen LogP contribution in [-0.2, 0) is 6.42 Å². The molecule has 0 spiro atoms. The molecule has 57 heavy (non-hydrogen) atoms. The van der Waals surface area contributed by atoms with Gasteiger partial charge in [0.25, 0.3) is 0 Å². The summed E-state index contributed by atoms with van der Waals surface area (Å²) < 4.78 is 1.80. The summed E-state index contributed by atoms with van der Waals surface area (Å²) in [5.74, 6) is 0.0203. The van der Waals surface area contributed by atoms with Gasteiger partial charge in [0.15, 0.2) is 0 Å². The van der Waals surface area contributed by atoms with Crippen LogP contribution in [0.1, 0.15) is 30.3 Å². The number of rotatable bonds is 6. The first-order valence-corrected chi connectivity index (χ1v) is 18.7. The maximum Gasteiger partial charge on any atom is 0.228 e. The molecule has 0 saturated heterocycles. The molecular weight excluding hydrogens is 699 g/mol. The molecule has 8 aromatic carbocycles. The van der Waals surface area contributed by atoms with Crippen LogP contribution >= 0.6 is 0 Å². The first-order chi connectivity index (χ1) is 27.1. The molecule has 0 unspecified atom stereocenters. The number of aromatic nitrogens is 1. The average molecular weight is 744 g/mol. The van der Waals surface area contributed by atoms with E-state index in [0.717, 1.165) is 45.3 Å². The van der Waals surface area contributed by atoms with E-state index in [0.29, 0.717) is 0 Å². The number of nitrogens with zero attached hydrogens (tertiary/aromatic N) is 3. The summed E-state index contributed by atoms with van der Waals surface area (Å²) in [6, 6.07) is 71.8. The van der Waals surface area contributed by atoms with Crippen LogP contribution in [0.2, 0.25) is 0 Å². The number of benzene rings is 8. The number of carbonyl (C=O) groups excluding carboxylic acids is 1. The first kappa shape index (κ1) is 38.1. The van der Waals surface area contributed by atoms with E-state index in [4.69, 9.17) is 0 Å². The minimum Gasteiger partial charge on any atom is -0.412 e. The molecule has 0 amide bonds. The molecule has 1 aromatic heterocycles. The van der Waals surface area contributed by atoms with Crippen LogP contribution < -0.4 is 9.80 Å². The molecule has 1 aliphatic rings. The third-order valence-electron chi connectivity index (χ3n) is 10.3. The van der Waals surface area contributed by atoms with Crippen LogP contribution in [0.15, 0.2) is 206 Å². The zero-order valence-electron chi connectivity index (χ0n) is 31.1. The highest BCUT2D eigenvalue weighted by Gasteiger charge is 2.21. The van der Waals surface area contributed by atoms with Gasteiger partial charge in [-0.2, -0.15) is 0 Å². The van der Waals surface area contributed by atoms with E-state index < -0.39 is 0 Å². The fourth-order valence-corrected chi connectivity index (χ4v) is 7.89. The van der Waals surface area contributed by atoms with Gasteiger partial charge >= 0.3 is 0 Å². The van der Waals surface area contributed by atoms with E-state index in [2.05, 4.69) is 155 Å². The Morgan fingerprint density at radius 3 is 1.39 bits per heavy atom. The Morgan fingerprint density at radius 1 is 0.421 bits per heavy atom. The summed E-state index contributed by atoms with van der Waals surface area (Å²) in [5.41, 5.74) is 14.2.